The molecule has 0 radical (unpaired) electrons. The van der Waals surface area contributed by atoms with Crippen molar-refractivity contribution in [2.75, 3.05) is 24.2 Å². The number of hydrogen-bond acceptors (Lipinski definition) is 10. The number of nitrogens with zero attached hydrogens (tertiary/aromatic N) is 5. The number of rotatable bonds is 10. The van der Waals surface area contributed by atoms with Gasteiger partial charge < -0.3 is 19.8 Å². The molecule has 13 nitrogen and oxygen atoms in total. The summed E-state index contributed by atoms with van der Waals surface area (Å²) in [4.78, 5) is 32.7. The summed E-state index contributed by atoms with van der Waals surface area (Å²) in [7, 11) is -8.76. The Balaban J connectivity index is 1.43. The number of sulfonamides is 1. The molecule has 0 bridgehead atoms. The summed E-state index contributed by atoms with van der Waals surface area (Å²) >= 11 is 7.46. The van der Waals surface area contributed by atoms with Crippen LogP contribution in [0.5, 0.6) is 5.75 Å². The first-order chi connectivity index (χ1) is 21.1. The van der Waals surface area contributed by atoms with E-state index in [0.717, 1.165) is 0 Å². The Hall–Kier alpha value is -3.40. The molecule has 0 unspecified atom stereocenters. The quantitative estimate of drug-likeness (QED) is 0.140. The minimum Gasteiger partial charge on any atom is -0.467 e. The average Bonchev–Trinajstić information content (AvgIpc) is 3.60. The number of anilines is 1. The van der Waals surface area contributed by atoms with E-state index < -0.39 is 24.6 Å². The first-order valence-electron chi connectivity index (χ1n) is 13.3. The van der Waals surface area contributed by atoms with Crippen molar-refractivity contribution in [2.45, 2.75) is 23.8 Å². The number of phosphoric acid groups is 1. The van der Waals surface area contributed by atoms with E-state index in [9.17, 15) is 13.0 Å². The van der Waals surface area contributed by atoms with Gasteiger partial charge in [-0.3, -0.25) is 4.40 Å². The van der Waals surface area contributed by atoms with Crippen LogP contribution in [0.2, 0.25) is 5.02 Å². The van der Waals surface area contributed by atoms with Gasteiger partial charge in [0.1, 0.15) is 11.4 Å². The van der Waals surface area contributed by atoms with Crippen LogP contribution in [0.25, 0.3) is 27.6 Å². The molecule has 44 heavy (non-hydrogen) atoms. The maximum absolute atomic E-state index is 14.1. The molecular formula is C27H26ClN6O7PS2. The Kier molecular flexibility index (Phi) is 8.72. The molecule has 17 heteroatoms. The summed E-state index contributed by atoms with van der Waals surface area (Å²) in [5, 5.41) is 5.58. The van der Waals surface area contributed by atoms with Crippen LogP contribution in [-0.2, 0) is 19.1 Å². The van der Waals surface area contributed by atoms with E-state index in [0.29, 0.717) is 64.3 Å². The van der Waals surface area contributed by atoms with Crippen LogP contribution in [0.15, 0.2) is 77.3 Å². The van der Waals surface area contributed by atoms with Crippen LogP contribution in [-0.4, -0.2) is 63.5 Å². The highest BCUT2D eigenvalue weighted by atomic mass is 35.5. The lowest BCUT2D eigenvalue weighted by atomic mass is 10.1. The molecule has 5 aromatic rings. The van der Waals surface area contributed by atoms with E-state index in [-0.39, 0.29) is 16.9 Å². The van der Waals surface area contributed by atoms with Crippen molar-refractivity contribution in [2.24, 2.45) is 0 Å². The normalized spacial score (nSPS) is 14.6. The summed E-state index contributed by atoms with van der Waals surface area (Å²) in [6, 6.07) is 14.1. The third kappa shape index (κ3) is 6.50. The van der Waals surface area contributed by atoms with Crippen molar-refractivity contribution in [1.29, 1.82) is 0 Å². The van der Waals surface area contributed by atoms with E-state index in [1.165, 1.54) is 46.1 Å². The van der Waals surface area contributed by atoms with Gasteiger partial charge in [-0.1, -0.05) is 23.7 Å². The smallest absolute Gasteiger partial charge is 0.467 e. The van der Waals surface area contributed by atoms with E-state index >= 15 is 0 Å². The molecule has 6 rings (SSSR count). The number of imidazole rings is 1. The molecule has 1 aliphatic heterocycles. The summed E-state index contributed by atoms with van der Waals surface area (Å²) in [5.74, 6) is 0.333. The van der Waals surface area contributed by atoms with E-state index in [1.807, 2.05) is 16.0 Å². The third-order valence-electron chi connectivity index (χ3n) is 6.91. The van der Waals surface area contributed by atoms with Crippen molar-refractivity contribution < 1.29 is 32.0 Å². The van der Waals surface area contributed by atoms with Crippen LogP contribution in [0.1, 0.15) is 12.8 Å². The van der Waals surface area contributed by atoms with Crippen molar-refractivity contribution >= 4 is 51.7 Å². The molecule has 4 heterocycles. The average molecular weight is 677 g/mol. The predicted octanol–water partition coefficient (Wildman–Crippen LogP) is 4.57. The van der Waals surface area contributed by atoms with Crippen molar-refractivity contribution in [3.8, 4) is 28.4 Å². The molecular weight excluding hydrogens is 651 g/mol. The lowest BCUT2D eigenvalue weighted by Crippen LogP contribution is -2.47. The molecule has 2 aromatic carbocycles. The zero-order valence-corrected chi connectivity index (χ0v) is 26.1. The molecule has 3 aromatic heterocycles. The van der Waals surface area contributed by atoms with E-state index in [2.05, 4.69) is 14.8 Å². The molecule has 0 saturated carbocycles. The highest BCUT2D eigenvalue weighted by Crippen LogP contribution is 2.38. The van der Waals surface area contributed by atoms with Gasteiger partial charge in [0.05, 0.1) is 22.3 Å². The second-order valence-electron chi connectivity index (χ2n) is 9.75. The minimum atomic E-state index is -4.70. The van der Waals surface area contributed by atoms with Crippen LogP contribution in [0.3, 0.4) is 0 Å². The zero-order valence-electron chi connectivity index (χ0n) is 22.9. The lowest BCUT2D eigenvalue weighted by molar-refractivity contribution is 0.0829. The summed E-state index contributed by atoms with van der Waals surface area (Å²) < 4.78 is 52.2. The highest BCUT2D eigenvalue weighted by Gasteiger charge is 2.35. The van der Waals surface area contributed by atoms with Crippen molar-refractivity contribution in [3.05, 3.63) is 77.4 Å². The van der Waals surface area contributed by atoms with E-state index in [1.54, 1.807) is 30.3 Å². The van der Waals surface area contributed by atoms with Gasteiger partial charge in [-0.15, -0.1) is 11.3 Å². The predicted molar refractivity (Wildman–Crippen MR) is 165 cm³/mol. The monoisotopic (exact) mass is 676 g/mol. The molecule has 1 fully saturated rings. The van der Waals surface area contributed by atoms with Gasteiger partial charge in [-0.25, -0.2) is 36.8 Å². The Labute approximate surface area is 261 Å². The molecule has 0 amide bonds. The highest BCUT2D eigenvalue weighted by molar-refractivity contribution is 7.92. The second kappa shape index (κ2) is 12.5. The molecule has 0 aliphatic carbocycles. The van der Waals surface area contributed by atoms with Crippen LogP contribution >= 0.6 is 30.8 Å². The number of fused-ring (bicyclic) bond motifs is 1. The Morgan fingerprint density at radius 2 is 1.89 bits per heavy atom. The number of phosphoric ester groups is 1. The van der Waals surface area contributed by atoms with Crippen LogP contribution in [0, 0.1) is 0 Å². The Morgan fingerprint density at radius 3 is 2.64 bits per heavy atom. The fraction of sp³-hybridized carbons (Fsp3) is 0.222. The number of benzene rings is 2. The van der Waals surface area contributed by atoms with Gasteiger partial charge in [0.25, 0.3) is 10.0 Å². The van der Waals surface area contributed by atoms with Crippen molar-refractivity contribution in [3.63, 3.8) is 0 Å². The number of hydrogen-bond donors (Lipinski definition) is 3. The van der Waals surface area contributed by atoms with Crippen LogP contribution < -0.4 is 14.4 Å². The number of aromatic nitrogens is 4. The molecule has 0 atom stereocenters. The van der Waals surface area contributed by atoms with Crippen molar-refractivity contribution in [1.82, 2.24) is 24.7 Å². The number of halogens is 1. The fourth-order valence-corrected chi connectivity index (χ4v) is 7.59. The molecule has 0 spiro atoms. The van der Waals surface area contributed by atoms with E-state index in [4.69, 9.17) is 36.1 Å². The van der Waals surface area contributed by atoms with Gasteiger partial charge in [0, 0.05) is 28.4 Å². The number of ether oxygens (including phenoxy) is 1. The van der Waals surface area contributed by atoms with Gasteiger partial charge in [0.2, 0.25) is 5.95 Å². The maximum Gasteiger partial charge on any atom is 0.472 e. The zero-order chi connectivity index (χ0) is 30.9. The summed E-state index contributed by atoms with van der Waals surface area (Å²) in [6.45, 7) is 0.649. The Bertz CT molecular complexity index is 1940. The topological polar surface area (TPSA) is 168 Å². The SMILES string of the molecule is O=P(O)(O)OCOc1cccc(-c2nc3sccn3c2-c2ccnc(N(C3CCNCC3)S(=O)(=O)c3ccc(Cl)cc3)n2)c1. The largest absolute Gasteiger partial charge is 0.472 e. The molecule has 230 valence electrons. The van der Waals surface area contributed by atoms with Gasteiger partial charge >= 0.3 is 7.82 Å². The number of piperidine rings is 1. The third-order valence-corrected chi connectivity index (χ3v) is 10.2. The molecule has 1 saturated heterocycles. The van der Waals surface area contributed by atoms with Crippen LogP contribution in [0.4, 0.5) is 5.95 Å². The number of thiazole rings is 1. The number of nitrogens with one attached hydrogen (secondary N) is 1. The second-order valence-corrected chi connectivity index (χ2v) is 14.1. The van der Waals surface area contributed by atoms with Gasteiger partial charge in [0.15, 0.2) is 11.8 Å². The first kappa shape index (κ1) is 30.6. The van der Waals surface area contributed by atoms with Gasteiger partial charge in [-0.2, -0.15) is 0 Å². The fourth-order valence-electron chi connectivity index (χ4n) is 4.94. The summed E-state index contributed by atoms with van der Waals surface area (Å²) in [6.07, 6.45) is 4.52. The standard InChI is InChI=1S/C27H26ClN6O7PS2/c28-19-4-6-22(7-5-19)44(38,39)34(20-8-11-29-12-9-20)26-30-13-10-23(31-26)25-24(32-27-33(25)14-15-43-27)18-2-1-3-21(16-18)40-17-41-42(35,36)37/h1-7,10,13-16,20,29H,8-9,11-12,17H2,(H2,35,36,37). The minimum absolute atomic E-state index is 0.0344. The van der Waals surface area contributed by atoms with Gasteiger partial charge in [-0.05, 0) is 68.4 Å². The molecule has 3 N–H and O–H groups in total. The Morgan fingerprint density at radius 1 is 1.11 bits per heavy atom. The molecule has 1 aliphatic rings. The first-order valence-corrected chi connectivity index (χ1v) is 17.6. The maximum atomic E-state index is 14.1. The summed E-state index contributed by atoms with van der Waals surface area (Å²) in [5.41, 5.74) is 2.21. The lowest BCUT2D eigenvalue weighted by Gasteiger charge is -2.33.